The molecule has 1 spiro atoms. The van der Waals surface area contributed by atoms with Crippen LogP contribution in [0.2, 0.25) is 0 Å². The summed E-state index contributed by atoms with van der Waals surface area (Å²) < 4.78 is 32.9. The lowest BCUT2D eigenvalue weighted by Gasteiger charge is -2.30. The van der Waals surface area contributed by atoms with Crippen molar-refractivity contribution in [2.24, 2.45) is 0 Å². The van der Waals surface area contributed by atoms with Gasteiger partial charge in [-0.2, -0.15) is 0 Å². The Balaban J connectivity index is 1.36. The number of ether oxygens (including phenoxy) is 1. The van der Waals surface area contributed by atoms with E-state index < -0.39 is 53.8 Å². The molecule has 0 bridgehead atoms. The van der Waals surface area contributed by atoms with E-state index in [9.17, 15) is 28.0 Å². The Kier molecular flexibility index (Phi) is 6.09. The first kappa shape index (κ1) is 24.7. The number of likely N-dealkylation sites (tertiary alicyclic amines) is 1. The molecule has 2 N–H and O–H groups in total. The fourth-order valence-electron chi connectivity index (χ4n) is 5.59. The topological polar surface area (TPSA) is 108 Å². The molecule has 0 aromatic heterocycles. The van der Waals surface area contributed by atoms with E-state index in [1.54, 1.807) is 18.2 Å². The van der Waals surface area contributed by atoms with E-state index >= 15 is 0 Å². The molecule has 1 unspecified atom stereocenters. The van der Waals surface area contributed by atoms with Crippen molar-refractivity contribution in [1.29, 1.82) is 0 Å². The Bertz CT molecular complexity index is 1320. The summed E-state index contributed by atoms with van der Waals surface area (Å²) in [6, 6.07) is 7.42. The highest BCUT2D eigenvalue weighted by atomic mass is 19.2. The number of hydrogen-bond acceptors (Lipinski definition) is 5. The molecule has 2 fully saturated rings. The molecule has 1 aliphatic carbocycles. The maximum atomic E-state index is 13.9. The minimum absolute atomic E-state index is 0.216. The third kappa shape index (κ3) is 4.08. The van der Waals surface area contributed by atoms with Crippen LogP contribution in [0.1, 0.15) is 48.9 Å². The molecule has 11 heteroatoms. The van der Waals surface area contributed by atoms with Crippen LogP contribution < -0.4 is 10.6 Å². The number of aryl methyl sites for hydroxylation is 1. The number of imide groups is 1. The summed E-state index contributed by atoms with van der Waals surface area (Å²) in [6.45, 7) is 1.32. The Morgan fingerprint density at radius 2 is 1.89 bits per heavy atom. The van der Waals surface area contributed by atoms with Gasteiger partial charge in [0.25, 0.3) is 5.91 Å². The van der Waals surface area contributed by atoms with Gasteiger partial charge in [-0.05, 0) is 61.6 Å². The molecule has 3 aliphatic rings. The van der Waals surface area contributed by atoms with E-state index in [2.05, 4.69) is 10.6 Å². The van der Waals surface area contributed by atoms with E-state index in [0.29, 0.717) is 36.1 Å². The van der Waals surface area contributed by atoms with Crippen LogP contribution in [0.25, 0.3) is 0 Å². The van der Waals surface area contributed by atoms with Crippen molar-refractivity contribution < 1.29 is 32.7 Å². The van der Waals surface area contributed by atoms with Crippen molar-refractivity contribution in [1.82, 2.24) is 15.1 Å². The summed E-state index contributed by atoms with van der Waals surface area (Å²) in [7, 11) is 1.49. The van der Waals surface area contributed by atoms with Crippen molar-refractivity contribution in [3.05, 3.63) is 64.7 Å². The third-order valence-electron chi connectivity index (χ3n) is 7.42. The molecular formula is C26H26F2N4O5. The molecule has 0 saturated carbocycles. The highest BCUT2D eigenvalue weighted by molar-refractivity contribution is 6.06. The highest BCUT2D eigenvalue weighted by Gasteiger charge is 2.58. The Hall–Kier alpha value is -4.02. The summed E-state index contributed by atoms with van der Waals surface area (Å²) in [6.07, 6.45) is 0.937. The van der Waals surface area contributed by atoms with Crippen molar-refractivity contribution in [3.63, 3.8) is 0 Å². The summed E-state index contributed by atoms with van der Waals surface area (Å²) >= 11 is 0. The molecule has 2 saturated heterocycles. The fourth-order valence-corrected chi connectivity index (χ4v) is 5.59. The second-order valence-electron chi connectivity index (χ2n) is 9.58. The Labute approximate surface area is 211 Å². The number of rotatable bonds is 4. The first-order valence-corrected chi connectivity index (χ1v) is 12.1. The number of halogens is 2. The number of amides is 5. The smallest absolute Gasteiger partial charge is 0.418 e. The molecule has 5 rings (SSSR count). The van der Waals surface area contributed by atoms with E-state index in [1.807, 2.05) is 6.92 Å². The van der Waals surface area contributed by atoms with Crippen LogP contribution in [0.3, 0.4) is 0 Å². The van der Waals surface area contributed by atoms with Crippen molar-refractivity contribution in [2.75, 3.05) is 18.9 Å². The van der Waals surface area contributed by atoms with Gasteiger partial charge in [0.1, 0.15) is 6.54 Å². The van der Waals surface area contributed by atoms with Gasteiger partial charge < -0.3 is 20.3 Å². The number of benzene rings is 2. The molecule has 9 nitrogen and oxygen atoms in total. The van der Waals surface area contributed by atoms with Crippen molar-refractivity contribution in [2.45, 2.75) is 50.3 Å². The van der Waals surface area contributed by atoms with Crippen LogP contribution >= 0.6 is 0 Å². The number of hydrogen-bond donors (Lipinski definition) is 2. The first-order valence-electron chi connectivity index (χ1n) is 12.1. The van der Waals surface area contributed by atoms with Crippen LogP contribution in [-0.4, -0.2) is 53.4 Å². The van der Waals surface area contributed by atoms with Crippen LogP contribution in [-0.2, 0) is 26.3 Å². The molecule has 2 aromatic rings. The molecule has 194 valence electrons. The quantitative estimate of drug-likeness (QED) is 0.651. The number of carbonyl (C=O) groups excluding carboxylic acids is 4. The monoisotopic (exact) mass is 512 g/mol. The second-order valence-corrected chi connectivity index (χ2v) is 9.58. The number of fused-ring (bicyclic) bond motifs is 2. The summed E-state index contributed by atoms with van der Waals surface area (Å²) in [5.74, 6) is -3.08. The summed E-state index contributed by atoms with van der Waals surface area (Å²) in [5.41, 5.74) is 0.751. The largest absolute Gasteiger partial charge is 0.427 e. The summed E-state index contributed by atoms with van der Waals surface area (Å²) in [5, 5.41) is 5.13. The maximum Gasteiger partial charge on any atom is 0.418 e. The number of carbonyl (C=O) groups is 4. The average Bonchev–Trinajstić information content (AvgIpc) is 3.51. The van der Waals surface area contributed by atoms with E-state index in [4.69, 9.17) is 4.74 Å². The van der Waals surface area contributed by atoms with E-state index in [-0.39, 0.29) is 12.5 Å². The van der Waals surface area contributed by atoms with Crippen LogP contribution in [0.4, 0.5) is 24.1 Å². The van der Waals surface area contributed by atoms with Crippen molar-refractivity contribution >= 4 is 29.6 Å². The Morgan fingerprint density at radius 3 is 2.62 bits per heavy atom. The van der Waals surface area contributed by atoms with Gasteiger partial charge in [0.2, 0.25) is 11.5 Å². The zero-order chi connectivity index (χ0) is 26.5. The molecule has 2 aliphatic heterocycles. The predicted octanol–water partition coefficient (Wildman–Crippen LogP) is 3.59. The van der Waals surface area contributed by atoms with Gasteiger partial charge in [0, 0.05) is 30.8 Å². The van der Waals surface area contributed by atoms with E-state index in [0.717, 1.165) is 22.6 Å². The van der Waals surface area contributed by atoms with E-state index in [1.165, 1.54) is 18.0 Å². The number of anilines is 1. The summed E-state index contributed by atoms with van der Waals surface area (Å²) in [4.78, 5) is 53.7. The van der Waals surface area contributed by atoms with Gasteiger partial charge in [0.05, 0.1) is 6.04 Å². The van der Waals surface area contributed by atoms with Crippen LogP contribution in [0.5, 0.6) is 0 Å². The van der Waals surface area contributed by atoms with Gasteiger partial charge in [-0.3, -0.25) is 9.59 Å². The molecule has 3 atom stereocenters. The normalized spacial score (nSPS) is 24.4. The Morgan fingerprint density at radius 1 is 1.11 bits per heavy atom. The lowest BCUT2D eigenvalue weighted by atomic mass is 9.94. The van der Waals surface area contributed by atoms with Gasteiger partial charge in [-0.25, -0.2) is 23.3 Å². The number of urea groups is 1. The SMILES string of the molecule is CNC(=O)Nc1ccc2c(c1)CCC21OC(=O)N(CC(=O)N2[C@@H](c3ccc(F)c(F)c3)CC[C@@H]2C)C1=O. The highest BCUT2D eigenvalue weighted by Crippen LogP contribution is 2.46. The molecule has 37 heavy (non-hydrogen) atoms. The lowest BCUT2D eigenvalue weighted by molar-refractivity contribution is -0.143. The number of nitrogens with one attached hydrogen (secondary N) is 2. The van der Waals surface area contributed by atoms with Crippen LogP contribution in [0, 0.1) is 11.6 Å². The molecule has 5 amide bonds. The standard InChI is InChI=1S/C26H26F2N4O5/c1-14-3-8-21(16-4-7-19(27)20(28)12-16)32(14)22(33)13-31-23(34)26(37-25(31)36)10-9-15-11-17(5-6-18(15)26)30-24(35)29-2/h4-7,11-12,14,21H,3,8-10,13H2,1-2H3,(H2,29,30,35)/t14-,21+,26?/m0/s1. The minimum Gasteiger partial charge on any atom is -0.427 e. The molecular weight excluding hydrogens is 486 g/mol. The molecule has 0 radical (unpaired) electrons. The van der Waals surface area contributed by atoms with Gasteiger partial charge in [-0.1, -0.05) is 12.1 Å². The zero-order valence-electron chi connectivity index (χ0n) is 20.3. The first-order chi connectivity index (χ1) is 17.6. The van der Waals surface area contributed by atoms with Gasteiger partial charge >= 0.3 is 12.1 Å². The molecule has 2 aromatic carbocycles. The van der Waals surface area contributed by atoms with Crippen LogP contribution in [0.15, 0.2) is 36.4 Å². The number of nitrogens with zero attached hydrogens (tertiary/aromatic N) is 2. The fraction of sp³-hybridized carbons (Fsp3) is 0.385. The molecule has 2 heterocycles. The zero-order valence-corrected chi connectivity index (χ0v) is 20.3. The third-order valence-corrected chi connectivity index (χ3v) is 7.42. The minimum atomic E-state index is -1.52. The van der Waals surface area contributed by atoms with Gasteiger partial charge in [-0.15, -0.1) is 0 Å². The lowest BCUT2D eigenvalue weighted by Crippen LogP contribution is -2.46. The van der Waals surface area contributed by atoms with Crippen molar-refractivity contribution in [3.8, 4) is 0 Å². The van der Waals surface area contributed by atoms with Gasteiger partial charge in [0.15, 0.2) is 11.6 Å². The average molecular weight is 513 g/mol. The predicted molar refractivity (Wildman–Crippen MR) is 127 cm³/mol. The second kappa shape index (κ2) is 9.13. The maximum absolute atomic E-state index is 13.9.